The molecule has 0 unspecified atom stereocenters. The van der Waals surface area contributed by atoms with Gasteiger partial charge in [-0.05, 0) is 6.92 Å². The lowest BCUT2D eigenvalue weighted by atomic mass is 10.3. The first-order valence-electron chi connectivity index (χ1n) is 3.48. The van der Waals surface area contributed by atoms with Gasteiger partial charge in [-0.15, -0.1) is 0 Å². The van der Waals surface area contributed by atoms with Crippen molar-refractivity contribution in [1.82, 2.24) is 9.97 Å². The summed E-state index contributed by atoms with van der Waals surface area (Å²) in [6, 6.07) is 0. The van der Waals surface area contributed by atoms with E-state index in [0.717, 1.165) is 0 Å². The lowest BCUT2D eigenvalue weighted by Gasteiger charge is -2.01. The van der Waals surface area contributed by atoms with E-state index in [-0.39, 0.29) is 11.4 Å². The highest BCUT2D eigenvalue weighted by atomic mass is 16.5. The predicted molar refractivity (Wildman–Crippen MR) is 42.4 cm³/mol. The van der Waals surface area contributed by atoms with E-state index in [0.29, 0.717) is 6.61 Å². The minimum atomic E-state index is -0.516. The molecular weight excluding hydrogens is 158 g/mol. The summed E-state index contributed by atoms with van der Waals surface area (Å²) in [5, 5.41) is 0. The lowest BCUT2D eigenvalue weighted by molar-refractivity contribution is 0.0520. The van der Waals surface area contributed by atoms with E-state index in [9.17, 15) is 4.79 Å². The number of carbonyl (C=O) groups excluding carboxylic acids is 1. The molecule has 0 bridgehead atoms. The average Bonchev–Trinajstić information content (AvgIpc) is 2.05. The van der Waals surface area contributed by atoms with Crippen molar-refractivity contribution in [3.05, 3.63) is 18.2 Å². The van der Waals surface area contributed by atoms with Crippen molar-refractivity contribution in [2.45, 2.75) is 6.92 Å². The molecule has 1 rings (SSSR count). The maximum atomic E-state index is 11.1. The summed E-state index contributed by atoms with van der Waals surface area (Å²) < 4.78 is 4.70. The Hall–Kier alpha value is -1.65. The minimum Gasteiger partial charge on any atom is -0.461 e. The second kappa shape index (κ2) is 3.66. The number of nitrogen functional groups attached to an aromatic ring is 1. The van der Waals surface area contributed by atoms with Crippen molar-refractivity contribution in [2.24, 2.45) is 0 Å². The normalized spacial score (nSPS) is 9.42. The molecule has 1 aromatic rings. The fraction of sp³-hybridized carbons (Fsp3) is 0.286. The van der Waals surface area contributed by atoms with Gasteiger partial charge in [0.2, 0.25) is 0 Å². The van der Waals surface area contributed by atoms with Crippen molar-refractivity contribution in [3.8, 4) is 0 Å². The molecule has 0 aromatic carbocycles. The third-order valence-corrected chi connectivity index (χ3v) is 1.21. The summed E-state index contributed by atoms with van der Waals surface area (Å²) in [6.45, 7) is 2.03. The molecule has 0 atom stereocenters. The van der Waals surface area contributed by atoms with Crippen molar-refractivity contribution in [1.29, 1.82) is 0 Å². The first-order chi connectivity index (χ1) is 5.75. The Kier molecular flexibility index (Phi) is 2.57. The number of hydrogen-bond donors (Lipinski definition) is 1. The van der Waals surface area contributed by atoms with Crippen LogP contribution in [0.3, 0.4) is 0 Å². The van der Waals surface area contributed by atoms with Gasteiger partial charge in [-0.25, -0.2) is 14.8 Å². The highest BCUT2D eigenvalue weighted by Gasteiger charge is 2.11. The number of hydrogen-bond acceptors (Lipinski definition) is 5. The van der Waals surface area contributed by atoms with Crippen molar-refractivity contribution >= 4 is 11.7 Å². The molecule has 2 N–H and O–H groups in total. The van der Waals surface area contributed by atoms with Crippen LogP contribution in [0.4, 0.5) is 5.69 Å². The molecule has 5 heteroatoms. The van der Waals surface area contributed by atoms with E-state index in [1.165, 1.54) is 12.5 Å². The van der Waals surface area contributed by atoms with Crippen molar-refractivity contribution < 1.29 is 9.53 Å². The van der Waals surface area contributed by atoms with E-state index < -0.39 is 5.97 Å². The van der Waals surface area contributed by atoms with Gasteiger partial charge < -0.3 is 10.5 Å². The topological polar surface area (TPSA) is 78.1 Å². The summed E-state index contributed by atoms with van der Waals surface area (Å²) in [7, 11) is 0. The number of ether oxygens (including phenoxy) is 1. The maximum Gasteiger partial charge on any atom is 0.359 e. The summed E-state index contributed by atoms with van der Waals surface area (Å²) in [4.78, 5) is 18.4. The fourth-order valence-corrected chi connectivity index (χ4v) is 0.710. The summed E-state index contributed by atoms with van der Waals surface area (Å²) in [5.74, 6) is -0.516. The van der Waals surface area contributed by atoms with Crippen molar-refractivity contribution in [3.63, 3.8) is 0 Å². The monoisotopic (exact) mass is 167 g/mol. The Bertz CT molecular complexity index is 288. The molecule has 0 aliphatic rings. The van der Waals surface area contributed by atoms with Crippen LogP contribution in [0, 0.1) is 0 Å². The Morgan fingerprint density at radius 2 is 2.50 bits per heavy atom. The zero-order valence-corrected chi connectivity index (χ0v) is 6.65. The second-order valence-corrected chi connectivity index (χ2v) is 2.05. The zero-order valence-electron chi connectivity index (χ0n) is 6.65. The van der Waals surface area contributed by atoms with Gasteiger partial charge in [0.05, 0.1) is 18.5 Å². The van der Waals surface area contributed by atoms with E-state index in [1.54, 1.807) is 6.92 Å². The van der Waals surface area contributed by atoms with Crippen LogP contribution in [0.5, 0.6) is 0 Å². The molecule has 0 spiro atoms. The van der Waals surface area contributed by atoms with Gasteiger partial charge in [0.25, 0.3) is 0 Å². The van der Waals surface area contributed by atoms with Gasteiger partial charge in [-0.3, -0.25) is 0 Å². The molecule has 1 aromatic heterocycles. The molecule has 0 amide bonds. The summed E-state index contributed by atoms with van der Waals surface area (Å²) in [5.41, 5.74) is 5.78. The second-order valence-electron chi connectivity index (χ2n) is 2.05. The molecular formula is C7H9N3O2. The third kappa shape index (κ3) is 1.69. The number of aromatic nitrogens is 2. The fourth-order valence-electron chi connectivity index (χ4n) is 0.710. The Morgan fingerprint density at radius 3 is 3.08 bits per heavy atom. The SMILES string of the molecule is CCOC(=O)c1ncncc1N. The van der Waals surface area contributed by atoms with Gasteiger partial charge in [-0.2, -0.15) is 0 Å². The van der Waals surface area contributed by atoms with Crippen LogP contribution >= 0.6 is 0 Å². The molecule has 12 heavy (non-hydrogen) atoms. The Balaban J connectivity index is 2.87. The standard InChI is InChI=1S/C7H9N3O2/c1-2-12-7(11)6-5(8)3-9-4-10-6/h3-4H,2,8H2,1H3. The van der Waals surface area contributed by atoms with E-state index in [2.05, 4.69) is 9.97 Å². The van der Waals surface area contributed by atoms with Crippen LogP contribution < -0.4 is 5.73 Å². The molecule has 0 saturated carbocycles. The summed E-state index contributed by atoms with van der Waals surface area (Å²) in [6.07, 6.45) is 2.61. The highest BCUT2D eigenvalue weighted by molar-refractivity contribution is 5.92. The van der Waals surface area contributed by atoms with Crippen LogP contribution in [0.1, 0.15) is 17.4 Å². The molecule has 0 fully saturated rings. The molecule has 64 valence electrons. The van der Waals surface area contributed by atoms with Crippen LogP contribution in [-0.2, 0) is 4.74 Å². The van der Waals surface area contributed by atoms with Crippen LogP contribution in [0.15, 0.2) is 12.5 Å². The smallest absolute Gasteiger partial charge is 0.359 e. The lowest BCUT2D eigenvalue weighted by Crippen LogP contribution is -2.10. The quantitative estimate of drug-likeness (QED) is 0.638. The van der Waals surface area contributed by atoms with Gasteiger partial charge in [0.15, 0.2) is 5.69 Å². The predicted octanol–water partition coefficient (Wildman–Crippen LogP) is 0.235. The largest absolute Gasteiger partial charge is 0.461 e. The number of nitrogens with two attached hydrogens (primary N) is 1. The van der Waals surface area contributed by atoms with Gasteiger partial charge in [0.1, 0.15) is 6.33 Å². The summed E-state index contributed by atoms with van der Waals surface area (Å²) >= 11 is 0. The van der Waals surface area contributed by atoms with E-state index in [1.807, 2.05) is 0 Å². The molecule has 1 heterocycles. The molecule has 0 aliphatic carbocycles. The Labute approximate surface area is 69.6 Å². The van der Waals surface area contributed by atoms with Crippen molar-refractivity contribution in [2.75, 3.05) is 12.3 Å². The molecule has 5 nitrogen and oxygen atoms in total. The Morgan fingerprint density at radius 1 is 1.75 bits per heavy atom. The van der Waals surface area contributed by atoms with E-state index >= 15 is 0 Å². The van der Waals surface area contributed by atoms with Crippen LogP contribution in [0.2, 0.25) is 0 Å². The maximum absolute atomic E-state index is 11.1. The van der Waals surface area contributed by atoms with Crippen LogP contribution in [-0.4, -0.2) is 22.5 Å². The van der Waals surface area contributed by atoms with Gasteiger partial charge >= 0.3 is 5.97 Å². The number of nitrogens with zero attached hydrogens (tertiary/aromatic N) is 2. The average molecular weight is 167 g/mol. The van der Waals surface area contributed by atoms with Gasteiger partial charge in [-0.1, -0.05) is 0 Å². The number of rotatable bonds is 2. The first-order valence-corrected chi connectivity index (χ1v) is 3.48. The number of carbonyl (C=O) groups is 1. The van der Waals surface area contributed by atoms with Crippen LogP contribution in [0.25, 0.3) is 0 Å². The van der Waals surface area contributed by atoms with E-state index in [4.69, 9.17) is 10.5 Å². The highest BCUT2D eigenvalue weighted by Crippen LogP contribution is 2.05. The molecule has 0 saturated heterocycles. The zero-order chi connectivity index (χ0) is 8.97. The first kappa shape index (κ1) is 8.45. The molecule has 0 aliphatic heterocycles. The minimum absolute atomic E-state index is 0.117. The molecule has 0 radical (unpaired) electrons. The number of esters is 1. The third-order valence-electron chi connectivity index (χ3n) is 1.21. The van der Waals surface area contributed by atoms with Gasteiger partial charge in [0, 0.05) is 0 Å². The number of anilines is 1.